The van der Waals surface area contributed by atoms with Gasteiger partial charge in [0.1, 0.15) is 5.82 Å². The van der Waals surface area contributed by atoms with Crippen molar-refractivity contribution in [2.75, 3.05) is 43.7 Å². The van der Waals surface area contributed by atoms with Crippen molar-refractivity contribution < 1.29 is 14.7 Å². The van der Waals surface area contributed by atoms with E-state index in [1.165, 1.54) is 54.4 Å². The summed E-state index contributed by atoms with van der Waals surface area (Å²) < 4.78 is 1.17. The van der Waals surface area contributed by atoms with Crippen LogP contribution in [-0.4, -0.2) is 77.4 Å². The normalized spacial score (nSPS) is 30.0. The van der Waals surface area contributed by atoms with Crippen LogP contribution in [0.3, 0.4) is 0 Å². The topological polar surface area (TPSA) is 140 Å². The Morgan fingerprint density at radius 1 is 1.07 bits per heavy atom. The molecule has 0 saturated heterocycles. The zero-order valence-electron chi connectivity index (χ0n) is 35.5. The van der Waals surface area contributed by atoms with Crippen molar-refractivity contribution in [3.63, 3.8) is 0 Å². The van der Waals surface area contributed by atoms with Gasteiger partial charge in [-0.1, -0.05) is 56.4 Å². The molecule has 4 fully saturated rings. The number of hydrogen-bond donors (Lipinski definition) is 3. The lowest BCUT2D eigenvalue weighted by molar-refractivity contribution is -0.189. The molecule has 5 unspecified atom stereocenters. The Morgan fingerprint density at radius 3 is 2.54 bits per heavy atom. The van der Waals surface area contributed by atoms with Gasteiger partial charge >= 0.3 is 5.97 Å². The highest BCUT2D eigenvalue weighted by atomic mass is 32.1. The van der Waals surface area contributed by atoms with Crippen LogP contribution in [-0.2, 0) is 22.6 Å². The van der Waals surface area contributed by atoms with Gasteiger partial charge in [-0.2, -0.15) is 0 Å². The van der Waals surface area contributed by atoms with E-state index in [4.69, 9.17) is 25.8 Å². The predicted molar refractivity (Wildman–Crippen MR) is 240 cm³/mol. The number of carboxylic acid groups (broad SMARTS) is 1. The number of rotatable bonds is 16. The van der Waals surface area contributed by atoms with Crippen molar-refractivity contribution in [3.8, 4) is 0 Å². The van der Waals surface area contributed by atoms with Crippen LogP contribution in [0, 0.1) is 33.5 Å². The van der Waals surface area contributed by atoms with Gasteiger partial charge in [0.2, 0.25) is 11.5 Å². The molecule has 4 N–H and O–H groups in total. The number of anilines is 2. The summed E-state index contributed by atoms with van der Waals surface area (Å²) in [6, 6.07) is 14.8. The quantitative estimate of drug-likeness (QED) is 0.0742. The van der Waals surface area contributed by atoms with Crippen LogP contribution in [0.4, 0.5) is 10.8 Å². The summed E-state index contributed by atoms with van der Waals surface area (Å²) in [7, 11) is 2.07. The molecule has 1 amide bonds. The van der Waals surface area contributed by atoms with E-state index in [2.05, 4.69) is 98.8 Å². The highest BCUT2D eigenvalue weighted by molar-refractivity contribution is 7.22. The van der Waals surface area contributed by atoms with Crippen LogP contribution in [0.15, 0.2) is 76.1 Å². The second kappa shape index (κ2) is 16.0. The maximum atomic E-state index is 11.7. The number of benzene rings is 2. The first-order valence-corrected chi connectivity index (χ1v) is 22.4. The SMILES string of the molecule is CC(=NCC12CC3(C)CC(CCCN(C=O)CCC(=O)O)(C1)C[C@](C)(C3)C2)C(=CN)C1C=NC(N2CCc3cccc(N(C)Nc4nc5ccccc5s4)c3C2)=CC1C. The number of aromatic nitrogens is 1. The summed E-state index contributed by atoms with van der Waals surface area (Å²) in [5, 5.41) is 12.1. The van der Waals surface area contributed by atoms with Crippen LogP contribution in [0.1, 0.15) is 96.6 Å². The second-order valence-corrected chi connectivity index (χ2v) is 20.6. The van der Waals surface area contributed by atoms with Crippen molar-refractivity contribution in [2.24, 2.45) is 49.2 Å². The average molecular weight is 819 g/mol. The molecule has 2 aromatic carbocycles. The van der Waals surface area contributed by atoms with Gasteiger partial charge in [-0.3, -0.25) is 25.0 Å². The fourth-order valence-electron chi connectivity index (χ4n) is 13.0. The molecule has 9 rings (SSSR count). The molecule has 3 heterocycles. The zero-order valence-corrected chi connectivity index (χ0v) is 36.4. The molecule has 0 spiro atoms. The Balaban J connectivity index is 0.925. The Morgan fingerprint density at radius 2 is 1.83 bits per heavy atom. The summed E-state index contributed by atoms with van der Waals surface area (Å²) in [5.41, 5.74) is 17.8. The lowest BCUT2D eigenvalue weighted by Gasteiger charge is -2.70. The maximum absolute atomic E-state index is 11.7. The van der Waals surface area contributed by atoms with Crippen LogP contribution in [0.5, 0.6) is 0 Å². The van der Waals surface area contributed by atoms with Gasteiger partial charge in [0.25, 0.3) is 0 Å². The Bertz CT molecular complexity index is 2160. The largest absolute Gasteiger partial charge is 0.481 e. The van der Waals surface area contributed by atoms with E-state index < -0.39 is 5.97 Å². The van der Waals surface area contributed by atoms with Gasteiger partial charge in [0.15, 0.2) is 0 Å². The number of para-hydroxylation sites is 1. The van der Waals surface area contributed by atoms with Crippen molar-refractivity contribution in [1.29, 1.82) is 0 Å². The lowest BCUT2D eigenvalue weighted by Crippen LogP contribution is -2.60. The highest BCUT2D eigenvalue weighted by Crippen LogP contribution is 2.74. The molecule has 59 heavy (non-hydrogen) atoms. The first kappa shape index (κ1) is 41.0. The number of aliphatic carboxylic acids is 1. The number of aliphatic imine (C=N–C) groups is 2. The number of allylic oxidation sites excluding steroid dienone is 2. The molecule has 6 aliphatic rings. The summed E-state index contributed by atoms with van der Waals surface area (Å²) in [5.74, 6) is 0.391. The third-order valence-electron chi connectivity index (χ3n) is 14.2. The maximum Gasteiger partial charge on any atom is 0.305 e. The molecule has 1 aromatic heterocycles. The first-order valence-electron chi connectivity index (χ1n) is 21.5. The number of carbonyl (C=O) groups excluding carboxylic acids is 1. The molecule has 4 aliphatic carbocycles. The van der Waals surface area contributed by atoms with E-state index in [1.807, 2.05) is 6.07 Å². The minimum absolute atomic E-state index is 0.0133. The summed E-state index contributed by atoms with van der Waals surface area (Å²) >= 11 is 1.66. The molecule has 11 nitrogen and oxygen atoms in total. The Kier molecular flexibility index (Phi) is 11.2. The first-order chi connectivity index (χ1) is 28.2. The van der Waals surface area contributed by atoms with Gasteiger partial charge in [-0.05, 0) is 139 Å². The van der Waals surface area contributed by atoms with E-state index in [-0.39, 0.29) is 46.5 Å². The number of nitrogens with one attached hydrogen (secondary N) is 1. The van der Waals surface area contributed by atoms with Gasteiger partial charge in [-0.15, -0.1) is 0 Å². The highest BCUT2D eigenvalue weighted by Gasteiger charge is 2.64. The number of hydrogen-bond acceptors (Lipinski definition) is 10. The van der Waals surface area contributed by atoms with Gasteiger partial charge in [-0.25, -0.2) is 9.98 Å². The van der Waals surface area contributed by atoms with Crippen LogP contribution >= 0.6 is 11.3 Å². The number of carbonyl (C=O) groups is 2. The molecular weight excluding hydrogens is 757 g/mol. The standard InChI is InChI=1S/C47H62N8O3S/c1-32-20-41(55-19-14-34-10-8-12-39(37(34)23-55)53(5)52-43-51-38-11-6-7-13-40(38)59-43)49-22-36(32)35(21-48)33(2)50-30-47-27-44(3)24-45(4,28-47)26-46(25-44,29-47)16-9-17-54(31-56)18-15-42(57)58/h6-8,10-13,20-22,31-32,36H,9,14-19,23-30,48H2,1-5H3,(H,51,52)(H,57,58)/t32?,36?,44-,45?,46?,47?/m0/s1. The number of fused-ring (bicyclic) bond motifs is 2. The summed E-state index contributed by atoms with van der Waals surface area (Å²) in [6.07, 6.45) is 17.2. The van der Waals surface area contributed by atoms with Gasteiger partial charge < -0.3 is 20.6 Å². The van der Waals surface area contributed by atoms with Gasteiger partial charge in [0.05, 0.1) is 22.3 Å². The molecule has 4 saturated carbocycles. The van der Waals surface area contributed by atoms with Crippen molar-refractivity contribution in [1.82, 2.24) is 14.8 Å². The number of thiazole rings is 1. The predicted octanol–water partition coefficient (Wildman–Crippen LogP) is 8.68. The molecule has 0 radical (unpaired) electrons. The molecule has 6 atom stereocenters. The van der Waals surface area contributed by atoms with E-state index in [9.17, 15) is 9.59 Å². The lowest BCUT2D eigenvalue weighted by atomic mass is 9.35. The monoisotopic (exact) mass is 818 g/mol. The van der Waals surface area contributed by atoms with Crippen LogP contribution < -0.4 is 16.2 Å². The minimum Gasteiger partial charge on any atom is -0.481 e. The van der Waals surface area contributed by atoms with Crippen molar-refractivity contribution >= 4 is 56.7 Å². The van der Waals surface area contributed by atoms with Gasteiger partial charge in [0, 0.05) is 57.6 Å². The number of nitrogens with zero attached hydrogens (tertiary/aromatic N) is 6. The number of carboxylic acids is 1. The van der Waals surface area contributed by atoms with E-state index in [1.54, 1.807) is 22.4 Å². The summed E-state index contributed by atoms with van der Waals surface area (Å²) in [4.78, 5) is 42.2. The molecule has 2 aliphatic heterocycles. The van der Waals surface area contributed by atoms with Crippen molar-refractivity contribution in [3.05, 3.63) is 77.3 Å². The smallest absolute Gasteiger partial charge is 0.305 e. The fraction of sp³-hybridized carbons (Fsp3) is 0.553. The number of hydrazine groups is 1. The minimum atomic E-state index is -0.867. The van der Waals surface area contributed by atoms with E-state index in [0.29, 0.717) is 6.54 Å². The second-order valence-electron chi connectivity index (χ2n) is 19.5. The Hall–Kier alpha value is -4.71. The molecule has 12 heteroatoms. The molecule has 4 bridgehead atoms. The van der Waals surface area contributed by atoms with E-state index in [0.717, 1.165) is 78.7 Å². The molecule has 314 valence electrons. The summed E-state index contributed by atoms with van der Waals surface area (Å²) in [6.45, 7) is 12.8. The Labute approximate surface area is 353 Å². The van der Waals surface area contributed by atoms with Crippen LogP contribution in [0.25, 0.3) is 10.2 Å². The van der Waals surface area contributed by atoms with E-state index >= 15 is 0 Å². The third kappa shape index (κ3) is 8.52. The number of amides is 1. The molecular formula is C47H62N8O3S. The third-order valence-corrected chi connectivity index (χ3v) is 15.1. The fourth-order valence-corrected chi connectivity index (χ4v) is 13.9. The average Bonchev–Trinajstić information content (AvgIpc) is 3.59. The number of nitrogens with two attached hydrogens (primary N) is 1. The van der Waals surface area contributed by atoms with Crippen molar-refractivity contribution in [2.45, 2.75) is 98.4 Å². The zero-order chi connectivity index (χ0) is 41.6. The van der Waals surface area contributed by atoms with Crippen LogP contribution in [0.2, 0.25) is 0 Å². The molecule has 3 aromatic rings.